The van der Waals surface area contributed by atoms with Gasteiger partial charge in [0.15, 0.2) is 0 Å². The molecule has 1 aromatic carbocycles. The molecule has 0 aliphatic heterocycles. The summed E-state index contributed by atoms with van der Waals surface area (Å²) < 4.78 is 0. The molecule has 1 atom stereocenters. The van der Waals surface area contributed by atoms with Crippen LogP contribution in [0.5, 0.6) is 0 Å². The smallest absolute Gasteiger partial charge is 0.0542 e. The monoisotopic (exact) mass is 280 g/mol. The first-order chi connectivity index (χ1) is 10.2. The van der Waals surface area contributed by atoms with Gasteiger partial charge in [0, 0.05) is 18.8 Å². The Morgan fingerprint density at radius 2 is 1.90 bits per heavy atom. The summed E-state index contributed by atoms with van der Waals surface area (Å²) in [6, 6.07) is 11.6. The van der Waals surface area contributed by atoms with E-state index < -0.39 is 0 Å². The lowest BCUT2D eigenvalue weighted by molar-refractivity contribution is 0.565. The largest absolute Gasteiger partial charge is 0.305 e. The van der Waals surface area contributed by atoms with Crippen LogP contribution in [0.1, 0.15) is 53.8 Å². The zero-order valence-electron chi connectivity index (χ0n) is 13.0. The molecule has 3 rings (SSSR count). The predicted molar refractivity (Wildman–Crippen MR) is 87.3 cm³/mol. The van der Waals surface area contributed by atoms with E-state index in [1.54, 1.807) is 11.1 Å². The van der Waals surface area contributed by atoms with Crippen molar-refractivity contribution in [2.45, 2.75) is 52.1 Å². The minimum atomic E-state index is 0.361. The zero-order valence-corrected chi connectivity index (χ0v) is 13.0. The topological polar surface area (TPSA) is 24.9 Å². The van der Waals surface area contributed by atoms with Gasteiger partial charge in [-0.05, 0) is 67.9 Å². The highest BCUT2D eigenvalue weighted by atomic mass is 14.9. The third-order valence-corrected chi connectivity index (χ3v) is 4.43. The maximum Gasteiger partial charge on any atom is 0.0542 e. The van der Waals surface area contributed by atoms with Gasteiger partial charge in [0.05, 0.1) is 5.69 Å². The first-order valence-corrected chi connectivity index (χ1v) is 7.99. The van der Waals surface area contributed by atoms with Crippen molar-refractivity contribution in [2.24, 2.45) is 0 Å². The second kappa shape index (κ2) is 6.40. The number of rotatable bonds is 4. The minimum absolute atomic E-state index is 0.361. The van der Waals surface area contributed by atoms with E-state index in [4.69, 9.17) is 0 Å². The molecule has 1 aromatic heterocycles. The van der Waals surface area contributed by atoms with Crippen LogP contribution in [0.3, 0.4) is 0 Å². The summed E-state index contributed by atoms with van der Waals surface area (Å²) in [5.74, 6) is 0. The summed E-state index contributed by atoms with van der Waals surface area (Å²) in [5.41, 5.74) is 6.81. The first kappa shape index (κ1) is 14.3. The van der Waals surface area contributed by atoms with E-state index in [0.717, 1.165) is 12.2 Å². The average molecular weight is 280 g/mol. The number of benzene rings is 1. The number of nitrogens with zero attached hydrogens (tertiary/aromatic N) is 1. The van der Waals surface area contributed by atoms with Gasteiger partial charge in [-0.1, -0.05) is 24.3 Å². The highest BCUT2D eigenvalue weighted by Crippen LogP contribution is 2.24. The van der Waals surface area contributed by atoms with E-state index in [2.05, 4.69) is 54.5 Å². The third-order valence-electron chi connectivity index (χ3n) is 4.43. The van der Waals surface area contributed by atoms with Crippen LogP contribution in [0.15, 0.2) is 36.5 Å². The Labute approximate surface area is 127 Å². The molecule has 0 amide bonds. The summed E-state index contributed by atoms with van der Waals surface area (Å²) in [5, 5.41) is 3.58. The predicted octanol–water partition coefficient (Wildman–Crippen LogP) is 4.12. The van der Waals surface area contributed by atoms with E-state index in [-0.39, 0.29) is 0 Å². The zero-order chi connectivity index (χ0) is 14.7. The molecule has 0 saturated carbocycles. The lowest BCUT2D eigenvalue weighted by atomic mass is 9.89. The Bertz CT molecular complexity index is 601. The Morgan fingerprint density at radius 1 is 1.10 bits per heavy atom. The average Bonchev–Trinajstić information content (AvgIpc) is 2.53. The van der Waals surface area contributed by atoms with Crippen molar-refractivity contribution in [1.82, 2.24) is 10.3 Å². The Hall–Kier alpha value is -1.67. The molecule has 1 aliphatic carbocycles. The number of aromatic nitrogens is 1. The maximum absolute atomic E-state index is 4.45. The molecule has 0 radical (unpaired) electrons. The highest BCUT2D eigenvalue weighted by molar-refractivity contribution is 5.35. The molecule has 2 nitrogen and oxygen atoms in total. The van der Waals surface area contributed by atoms with Gasteiger partial charge in [0.25, 0.3) is 0 Å². The normalized spacial score (nSPS) is 15.5. The second-order valence-electron chi connectivity index (χ2n) is 6.16. The van der Waals surface area contributed by atoms with Gasteiger partial charge < -0.3 is 5.32 Å². The van der Waals surface area contributed by atoms with E-state index in [9.17, 15) is 0 Å². The molecule has 1 unspecified atom stereocenters. The lowest BCUT2D eigenvalue weighted by Gasteiger charge is -2.20. The molecule has 0 fully saturated rings. The molecule has 21 heavy (non-hydrogen) atoms. The number of hydrogen-bond acceptors (Lipinski definition) is 2. The van der Waals surface area contributed by atoms with Gasteiger partial charge in [-0.15, -0.1) is 0 Å². The van der Waals surface area contributed by atoms with Crippen molar-refractivity contribution >= 4 is 0 Å². The number of hydrogen-bond donors (Lipinski definition) is 1. The van der Waals surface area contributed by atoms with Crippen LogP contribution in [0, 0.1) is 6.92 Å². The quantitative estimate of drug-likeness (QED) is 0.911. The second-order valence-corrected chi connectivity index (χ2v) is 6.16. The summed E-state index contributed by atoms with van der Waals surface area (Å²) in [6.45, 7) is 5.12. The van der Waals surface area contributed by atoms with Crippen molar-refractivity contribution in [3.8, 4) is 0 Å². The van der Waals surface area contributed by atoms with Crippen LogP contribution >= 0.6 is 0 Å². The molecular formula is C19H24N2. The summed E-state index contributed by atoms with van der Waals surface area (Å²) in [7, 11) is 0. The van der Waals surface area contributed by atoms with E-state index in [0.29, 0.717) is 6.04 Å². The van der Waals surface area contributed by atoms with Gasteiger partial charge in [0.1, 0.15) is 0 Å². The number of nitrogens with one attached hydrogen (secondary N) is 1. The van der Waals surface area contributed by atoms with Crippen molar-refractivity contribution < 1.29 is 0 Å². The molecule has 0 bridgehead atoms. The fraction of sp³-hybridized carbons (Fsp3) is 0.421. The van der Waals surface area contributed by atoms with Crippen LogP contribution < -0.4 is 5.32 Å². The third kappa shape index (κ3) is 3.51. The Morgan fingerprint density at radius 3 is 2.67 bits per heavy atom. The summed E-state index contributed by atoms with van der Waals surface area (Å²) in [6.07, 6.45) is 7.12. The fourth-order valence-electron chi connectivity index (χ4n) is 3.00. The van der Waals surface area contributed by atoms with Crippen LogP contribution in [-0.4, -0.2) is 4.98 Å². The minimum Gasteiger partial charge on any atom is -0.305 e. The van der Waals surface area contributed by atoms with Crippen molar-refractivity contribution in [2.75, 3.05) is 0 Å². The van der Waals surface area contributed by atoms with Crippen molar-refractivity contribution in [3.05, 3.63) is 64.5 Å². The molecule has 0 saturated heterocycles. The van der Waals surface area contributed by atoms with Crippen LogP contribution in [0.2, 0.25) is 0 Å². The Kier molecular flexibility index (Phi) is 4.35. The molecular weight excluding hydrogens is 256 g/mol. The SMILES string of the molecule is Cc1ccc(CNC(C)c2ccc3c(c2)CCCC3)nc1. The van der Waals surface area contributed by atoms with E-state index in [1.165, 1.54) is 36.8 Å². The van der Waals surface area contributed by atoms with Gasteiger partial charge in [-0.2, -0.15) is 0 Å². The van der Waals surface area contributed by atoms with Gasteiger partial charge >= 0.3 is 0 Å². The molecule has 2 aromatic rings. The first-order valence-electron chi connectivity index (χ1n) is 7.99. The van der Waals surface area contributed by atoms with Crippen molar-refractivity contribution in [3.63, 3.8) is 0 Å². The van der Waals surface area contributed by atoms with Crippen molar-refractivity contribution in [1.29, 1.82) is 0 Å². The molecule has 2 heteroatoms. The summed E-state index contributed by atoms with van der Waals surface area (Å²) in [4.78, 5) is 4.45. The van der Waals surface area contributed by atoms with E-state index >= 15 is 0 Å². The molecule has 110 valence electrons. The number of fused-ring (bicyclic) bond motifs is 1. The number of aryl methyl sites for hydroxylation is 3. The van der Waals surface area contributed by atoms with Crippen LogP contribution in [-0.2, 0) is 19.4 Å². The van der Waals surface area contributed by atoms with Crippen LogP contribution in [0.4, 0.5) is 0 Å². The summed E-state index contributed by atoms with van der Waals surface area (Å²) >= 11 is 0. The highest BCUT2D eigenvalue weighted by Gasteiger charge is 2.12. The van der Waals surface area contributed by atoms with Gasteiger partial charge in [-0.25, -0.2) is 0 Å². The van der Waals surface area contributed by atoms with E-state index in [1.807, 2.05) is 6.20 Å². The number of pyridine rings is 1. The molecule has 1 N–H and O–H groups in total. The molecule has 0 spiro atoms. The van der Waals surface area contributed by atoms with Gasteiger partial charge in [-0.3, -0.25) is 4.98 Å². The fourth-order valence-corrected chi connectivity index (χ4v) is 3.00. The lowest BCUT2D eigenvalue weighted by Crippen LogP contribution is -2.19. The Balaban J connectivity index is 1.65. The standard InChI is InChI=1S/C19H24N2/c1-14-7-10-19(21-12-14)13-20-15(2)17-9-8-16-5-3-4-6-18(16)11-17/h7-12,15,20H,3-6,13H2,1-2H3. The molecule has 1 heterocycles. The van der Waals surface area contributed by atoms with Crippen LogP contribution in [0.25, 0.3) is 0 Å². The van der Waals surface area contributed by atoms with Gasteiger partial charge in [0.2, 0.25) is 0 Å². The maximum atomic E-state index is 4.45. The molecule has 1 aliphatic rings.